The predicted octanol–water partition coefficient (Wildman–Crippen LogP) is 0.257. The molecule has 0 fully saturated rings. The molecule has 3 N–H and O–H groups in total. The van der Waals surface area contributed by atoms with Crippen LogP contribution in [0.25, 0.3) is 0 Å². The number of hydrogen-bond acceptors (Lipinski definition) is 3. The molecule has 44 valence electrons. The van der Waals surface area contributed by atoms with Gasteiger partial charge in [0.1, 0.15) is 5.76 Å². The molecule has 1 aliphatic heterocycles. The SMILES string of the molecule is NC1OC=CC=C1O. The van der Waals surface area contributed by atoms with Gasteiger partial charge in [0.2, 0.25) is 6.23 Å². The quantitative estimate of drug-likeness (QED) is 0.473. The van der Waals surface area contributed by atoms with Crippen LogP contribution in [0.3, 0.4) is 0 Å². The lowest BCUT2D eigenvalue weighted by Gasteiger charge is -2.11. The fourth-order valence-corrected chi connectivity index (χ4v) is 0.432. The molecule has 0 saturated heterocycles. The number of nitrogens with two attached hydrogens (primary N) is 1. The zero-order valence-electron chi connectivity index (χ0n) is 4.24. The van der Waals surface area contributed by atoms with Crippen molar-refractivity contribution in [2.75, 3.05) is 0 Å². The molecule has 1 heterocycles. The Kier molecular flexibility index (Phi) is 1.22. The highest BCUT2D eigenvalue weighted by Crippen LogP contribution is 2.02. The summed E-state index contributed by atoms with van der Waals surface area (Å²) in [6, 6.07) is 0. The predicted molar refractivity (Wildman–Crippen MR) is 28.9 cm³/mol. The Balaban J connectivity index is 2.66. The number of rotatable bonds is 0. The molecule has 1 unspecified atom stereocenters. The monoisotopic (exact) mass is 113 g/mol. The van der Waals surface area contributed by atoms with Crippen molar-refractivity contribution < 1.29 is 9.84 Å². The average Bonchev–Trinajstić information content (AvgIpc) is 1.77. The first-order chi connectivity index (χ1) is 3.80. The number of aliphatic hydroxyl groups excluding tert-OH is 1. The summed E-state index contributed by atoms with van der Waals surface area (Å²) in [5.74, 6) is 0.0625. The zero-order chi connectivity index (χ0) is 5.98. The first-order valence-electron chi connectivity index (χ1n) is 2.27. The Bertz CT molecular complexity index is 139. The van der Waals surface area contributed by atoms with Crippen molar-refractivity contribution in [1.29, 1.82) is 0 Å². The van der Waals surface area contributed by atoms with Crippen LogP contribution in [0.15, 0.2) is 24.2 Å². The van der Waals surface area contributed by atoms with Crippen molar-refractivity contribution in [2.24, 2.45) is 5.73 Å². The molecule has 3 nitrogen and oxygen atoms in total. The molecule has 0 bridgehead atoms. The van der Waals surface area contributed by atoms with Gasteiger partial charge >= 0.3 is 0 Å². The topological polar surface area (TPSA) is 55.5 Å². The van der Waals surface area contributed by atoms with Crippen LogP contribution in [0, 0.1) is 0 Å². The largest absolute Gasteiger partial charge is 0.507 e. The van der Waals surface area contributed by atoms with Crippen LogP contribution in [0.4, 0.5) is 0 Å². The van der Waals surface area contributed by atoms with E-state index in [0.29, 0.717) is 0 Å². The summed E-state index contributed by atoms with van der Waals surface area (Å²) in [7, 11) is 0. The zero-order valence-corrected chi connectivity index (χ0v) is 4.24. The van der Waals surface area contributed by atoms with E-state index in [2.05, 4.69) is 4.74 Å². The van der Waals surface area contributed by atoms with Gasteiger partial charge in [-0.25, -0.2) is 0 Å². The fourth-order valence-electron chi connectivity index (χ4n) is 0.432. The van der Waals surface area contributed by atoms with Gasteiger partial charge in [-0.2, -0.15) is 0 Å². The van der Waals surface area contributed by atoms with Crippen LogP contribution in [0.2, 0.25) is 0 Å². The molecule has 0 aromatic carbocycles. The highest BCUT2D eigenvalue weighted by atomic mass is 16.5. The molecule has 1 aliphatic rings. The average molecular weight is 113 g/mol. The van der Waals surface area contributed by atoms with Gasteiger partial charge in [-0.05, 0) is 12.2 Å². The second-order valence-corrected chi connectivity index (χ2v) is 1.48. The van der Waals surface area contributed by atoms with Crippen molar-refractivity contribution >= 4 is 0 Å². The van der Waals surface area contributed by atoms with Crippen molar-refractivity contribution in [3.05, 3.63) is 24.2 Å². The van der Waals surface area contributed by atoms with Crippen LogP contribution in [0.1, 0.15) is 0 Å². The highest BCUT2D eigenvalue weighted by molar-refractivity contribution is 5.11. The summed E-state index contributed by atoms with van der Waals surface area (Å²) in [4.78, 5) is 0. The molecule has 0 aromatic rings. The third kappa shape index (κ3) is 0.816. The van der Waals surface area contributed by atoms with E-state index >= 15 is 0 Å². The van der Waals surface area contributed by atoms with E-state index in [-0.39, 0.29) is 5.76 Å². The summed E-state index contributed by atoms with van der Waals surface area (Å²) >= 11 is 0. The van der Waals surface area contributed by atoms with Gasteiger partial charge in [-0.15, -0.1) is 0 Å². The Morgan fingerprint density at radius 1 is 1.75 bits per heavy atom. The molecule has 0 spiro atoms. The van der Waals surface area contributed by atoms with Crippen LogP contribution in [-0.4, -0.2) is 11.3 Å². The standard InChI is InChI=1S/C5H7NO2/c6-5-4(7)2-1-3-8-5/h1-3,5,7H,6H2. The lowest BCUT2D eigenvalue weighted by Crippen LogP contribution is -2.25. The summed E-state index contributed by atoms with van der Waals surface area (Å²) in [5, 5.41) is 8.74. The van der Waals surface area contributed by atoms with Crippen LogP contribution >= 0.6 is 0 Å². The van der Waals surface area contributed by atoms with Gasteiger partial charge in [0.25, 0.3) is 0 Å². The second-order valence-electron chi connectivity index (χ2n) is 1.48. The second kappa shape index (κ2) is 1.88. The maximum absolute atomic E-state index is 8.74. The maximum Gasteiger partial charge on any atom is 0.204 e. The Morgan fingerprint density at radius 2 is 2.50 bits per heavy atom. The lowest BCUT2D eigenvalue weighted by atomic mass is 10.4. The molecule has 3 heteroatoms. The highest BCUT2D eigenvalue weighted by Gasteiger charge is 2.07. The Hall–Kier alpha value is -0.960. The lowest BCUT2D eigenvalue weighted by molar-refractivity contribution is 0.129. The first kappa shape index (κ1) is 5.18. The van der Waals surface area contributed by atoms with Crippen LogP contribution in [-0.2, 0) is 4.74 Å². The Morgan fingerprint density at radius 3 is 2.88 bits per heavy atom. The minimum atomic E-state index is -0.667. The van der Waals surface area contributed by atoms with E-state index in [1.807, 2.05) is 0 Å². The van der Waals surface area contributed by atoms with Crippen LogP contribution in [0.5, 0.6) is 0 Å². The van der Waals surface area contributed by atoms with E-state index in [0.717, 1.165) is 0 Å². The smallest absolute Gasteiger partial charge is 0.204 e. The molecule has 0 aliphatic carbocycles. The first-order valence-corrected chi connectivity index (χ1v) is 2.27. The minimum Gasteiger partial charge on any atom is -0.507 e. The minimum absolute atomic E-state index is 0.0625. The molecular formula is C5H7NO2. The van der Waals surface area contributed by atoms with E-state index in [1.54, 1.807) is 6.08 Å². The summed E-state index contributed by atoms with van der Waals surface area (Å²) in [5.41, 5.74) is 5.19. The molecule has 0 saturated carbocycles. The van der Waals surface area contributed by atoms with Gasteiger partial charge in [-0.1, -0.05) is 0 Å². The normalized spacial score (nSPS) is 26.6. The molecule has 0 aromatic heterocycles. The third-order valence-corrected chi connectivity index (χ3v) is 0.862. The van der Waals surface area contributed by atoms with Crippen LogP contribution < -0.4 is 5.73 Å². The van der Waals surface area contributed by atoms with E-state index in [4.69, 9.17) is 10.8 Å². The van der Waals surface area contributed by atoms with Crippen molar-refractivity contribution in [3.63, 3.8) is 0 Å². The fraction of sp³-hybridized carbons (Fsp3) is 0.200. The Labute approximate surface area is 47.1 Å². The maximum atomic E-state index is 8.74. The number of ether oxygens (including phenoxy) is 1. The summed E-state index contributed by atoms with van der Waals surface area (Å²) in [6.07, 6.45) is 3.84. The van der Waals surface area contributed by atoms with Crippen molar-refractivity contribution in [3.8, 4) is 0 Å². The van der Waals surface area contributed by atoms with Gasteiger partial charge in [0, 0.05) is 0 Å². The van der Waals surface area contributed by atoms with Gasteiger partial charge in [0.15, 0.2) is 0 Å². The van der Waals surface area contributed by atoms with E-state index < -0.39 is 6.23 Å². The summed E-state index contributed by atoms with van der Waals surface area (Å²) in [6.45, 7) is 0. The number of aliphatic hydroxyl groups is 1. The number of hydrogen-bond donors (Lipinski definition) is 2. The molecular weight excluding hydrogens is 106 g/mol. The molecule has 8 heavy (non-hydrogen) atoms. The molecule has 1 rings (SSSR count). The van der Waals surface area contributed by atoms with Gasteiger partial charge in [-0.3, -0.25) is 5.73 Å². The summed E-state index contributed by atoms with van der Waals surface area (Å²) < 4.78 is 4.67. The van der Waals surface area contributed by atoms with E-state index in [1.165, 1.54) is 12.3 Å². The van der Waals surface area contributed by atoms with Crippen molar-refractivity contribution in [2.45, 2.75) is 6.23 Å². The van der Waals surface area contributed by atoms with Gasteiger partial charge < -0.3 is 9.84 Å². The molecule has 0 radical (unpaired) electrons. The third-order valence-electron chi connectivity index (χ3n) is 0.862. The van der Waals surface area contributed by atoms with Gasteiger partial charge in [0.05, 0.1) is 6.26 Å². The van der Waals surface area contributed by atoms with Crippen molar-refractivity contribution in [1.82, 2.24) is 0 Å². The molecule has 0 amide bonds. The van der Waals surface area contributed by atoms with E-state index in [9.17, 15) is 0 Å². The molecule has 1 atom stereocenters. The number of allylic oxidation sites excluding steroid dienone is 2.